The minimum atomic E-state index is -0.888. The van der Waals surface area contributed by atoms with Crippen molar-refractivity contribution >= 4 is 6.03 Å². The first kappa shape index (κ1) is 17.1. The number of hydrogen-bond acceptors (Lipinski definition) is 2. The zero-order chi connectivity index (χ0) is 17.3. The zero-order valence-electron chi connectivity index (χ0n) is 14.3. The van der Waals surface area contributed by atoms with E-state index in [1.165, 1.54) is 12.1 Å². The number of carbonyl (C=O) groups is 1. The lowest BCUT2D eigenvalue weighted by Crippen LogP contribution is -2.57. The second-order valence-electron chi connectivity index (χ2n) is 7.03. The average molecular weight is 337 g/mol. The first-order valence-electron chi connectivity index (χ1n) is 8.67. The molecule has 0 bridgehead atoms. The quantitative estimate of drug-likeness (QED) is 0.900. The minimum Gasteiger partial charge on any atom is -0.331 e. The van der Waals surface area contributed by atoms with Gasteiger partial charge in [0.15, 0.2) is 11.6 Å². The van der Waals surface area contributed by atoms with Gasteiger partial charge in [0.05, 0.1) is 6.04 Å². The van der Waals surface area contributed by atoms with E-state index >= 15 is 0 Å². The van der Waals surface area contributed by atoms with E-state index in [-0.39, 0.29) is 17.6 Å². The van der Waals surface area contributed by atoms with Crippen molar-refractivity contribution in [3.63, 3.8) is 0 Å². The summed E-state index contributed by atoms with van der Waals surface area (Å²) in [5.41, 5.74) is 0.181. The number of carbonyl (C=O) groups excluding carboxylic acids is 1. The topological polar surface area (TPSA) is 35.6 Å². The second kappa shape index (κ2) is 7.05. The summed E-state index contributed by atoms with van der Waals surface area (Å²) in [5, 5.41) is 2.84. The molecule has 2 heterocycles. The van der Waals surface area contributed by atoms with Gasteiger partial charge in [0.1, 0.15) is 0 Å². The average Bonchev–Trinajstić information content (AvgIpc) is 2.56. The third-order valence-corrected chi connectivity index (χ3v) is 5.32. The Morgan fingerprint density at radius 3 is 2.88 bits per heavy atom. The maximum absolute atomic E-state index is 13.9. The van der Waals surface area contributed by atoms with Crippen LogP contribution in [0, 0.1) is 17.6 Å². The lowest BCUT2D eigenvalue weighted by Gasteiger charge is -2.46. The van der Waals surface area contributed by atoms with E-state index in [0.717, 1.165) is 45.0 Å². The number of rotatable bonds is 2. The second-order valence-corrected chi connectivity index (χ2v) is 7.03. The lowest BCUT2D eigenvalue weighted by atomic mass is 9.84. The maximum Gasteiger partial charge on any atom is 0.318 e. The Morgan fingerprint density at radius 2 is 2.08 bits per heavy atom. The van der Waals surface area contributed by atoms with Gasteiger partial charge < -0.3 is 15.1 Å². The number of amides is 2. The van der Waals surface area contributed by atoms with Gasteiger partial charge in [-0.1, -0.05) is 12.1 Å². The Balaban J connectivity index is 1.68. The first-order chi connectivity index (χ1) is 11.5. The summed E-state index contributed by atoms with van der Waals surface area (Å²) in [6.45, 7) is 4.42. The molecule has 2 aliphatic rings. The van der Waals surface area contributed by atoms with Crippen LogP contribution in [0.5, 0.6) is 0 Å². The number of benzene rings is 1. The van der Waals surface area contributed by atoms with Crippen molar-refractivity contribution in [2.45, 2.75) is 38.3 Å². The fraction of sp³-hybridized carbons (Fsp3) is 0.611. The molecule has 2 aliphatic heterocycles. The van der Waals surface area contributed by atoms with Gasteiger partial charge in [0, 0.05) is 24.7 Å². The Labute approximate surface area is 141 Å². The van der Waals surface area contributed by atoms with Crippen LogP contribution in [0.3, 0.4) is 0 Å². The van der Waals surface area contributed by atoms with E-state index in [0.29, 0.717) is 5.92 Å². The van der Waals surface area contributed by atoms with E-state index < -0.39 is 17.7 Å². The molecule has 1 aromatic carbocycles. The molecule has 1 N–H and O–H groups in total. The molecule has 2 fully saturated rings. The number of hydrogen-bond donors (Lipinski definition) is 1. The molecule has 2 amide bonds. The molecule has 0 unspecified atom stereocenters. The van der Waals surface area contributed by atoms with Gasteiger partial charge in [0.25, 0.3) is 0 Å². The van der Waals surface area contributed by atoms with Gasteiger partial charge in [0.2, 0.25) is 0 Å². The van der Waals surface area contributed by atoms with Crippen LogP contribution in [0.2, 0.25) is 0 Å². The van der Waals surface area contributed by atoms with Crippen LogP contribution in [0.4, 0.5) is 13.6 Å². The van der Waals surface area contributed by atoms with Gasteiger partial charge in [-0.25, -0.2) is 13.6 Å². The number of urea groups is 1. The van der Waals surface area contributed by atoms with Crippen LogP contribution in [-0.2, 0) is 0 Å². The predicted molar refractivity (Wildman–Crippen MR) is 88.6 cm³/mol. The summed E-state index contributed by atoms with van der Waals surface area (Å²) in [7, 11) is 2.12. The summed E-state index contributed by atoms with van der Waals surface area (Å²) in [6, 6.07) is 3.56. The van der Waals surface area contributed by atoms with Crippen LogP contribution >= 0.6 is 0 Å². The highest BCUT2D eigenvalue weighted by Crippen LogP contribution is 2.30. The first-order valence-corrected chi connectivity index (χ1v) is 8.67. The molecule has 2 saturated heterocycles. The molecule has 132 valence electrons. The lowest BCUT2D eigenvalue weighted by molar-refractivity contribution is 0.0525. The number of nitrogens with zero attached hydrogens (tertiary/aromatic N) is 2. The van der Waals surface area contributed by atoms with E-state index in [2.05, 4.69) is 17.3 Å². The molecular formula is C18H25F2N3O. The number of likely N-dealkylation sites (tertiary alicyclic amines) is 2. The number of nitrogens with one attached hydrogen (secondary N) is 1. The highest BCUT2D eigenvalue weighted by Gasteiger charge is 2.37. The van der Waals surface area contributed by atoms with Crippen LogP contribution < -0.4 is 5.32 Å². The van der Waals surface area contributed by atoms with Crippen molar-refractivity contribution in [3.05, 3.63) is 35.4 Å². The molecule has 0 radical (unpaired) electrons. The molecule has 0 aliphatic carbocycles. The molecular weight excluding hydrogens is 312 g/mol. The zero-order valence-corrected chi connectivity index (χ0v) is 14.3. The molecule has 1 aromatic rings. The van der Waals surface area contributed by atoms with E-state index in [1.807, 2.05) is 4.90 Å². The summed E-state index contributed by atoms with van der Waals surface area (Å²) in [5.74, 6) is -1.27. The Kier molecular flexibility index (Phi) is 5.04. The summed E-state index contributed by atoms with van der Waals surface area (Å²) in [6.07, 6.45) is 3.11. The van der Waals surface area contributed by atoms with Crippen molar-refractivity contribution in [1.29, 1.82) is 0 Å². The minimum absolute atomic E-state index is 0.176. The smallest absolute Gasteiger partial charge is 0.318 e. The third kappa shape index (κ3) is 3.38. The number of fused-ring (bicyclic) bond motifs is 1. The van der Waals surface area contributed by atoms with Crippen LogP contribution in [-0.4, -0.2) is 48.6 Å². The van der Waals surface area contributed by atoms with Gasteiger partial charge in [-0.05, 0) is 51.8 Å². The van der Waals surface area contributed by atoms with Crippen molar-refractivity contribution in [1.82, 2.24) is 15.1 Å². The Bertz CT molecular complexity index is 610. The standard InChI is InChI=1S/C18H25F2N3O/c1-12(14-6-3-7-15(19)17(14)20)21-18(24)23-9-4-5-13-11-22(2)10-8-16(13)23/h3,6-7,12-13,16H,4-5,8-11H2,1-2H3,(H,21,24)/t12-,13-,16+/m0/s1. The fourth-order valence-electron chi connectivity index (χ4n) is 4.04. The van der Waals surface area contributed by atoms with Crippen LogP contribution in [0.1, 0.15) is 37.8 Å². The van der Waals surface area contributed by atoms with Gasteiger partial charge in [-0.3, -0.25) is 0 Å². The molecule has 3 atom stereocenters. The summed E-state index contributed by atoms with van der Waals surface area (Å²) in [4.78, 5) is 16.9. The third-order valence-electron chi connectivity index (χ3n) is 5.32. The summed E-state index contributed by atoms with van der Waals surface area (Å²) >= 11 is 0. The fourth-order valence-corrected chi connectivity index (χ4v) is 4.04. The molecule has 6 heteroatoms. The maximum atomic E-state index is 13.9. The highest BCUT2D eigenvalue weighted by molar-refractivity contribution is 5.75. The van der Waals surface area contributed by atoms with Gasteiger partial charge >= 0.3 is 6.03 Å². The molecule has 4 nitrogen and oxygen atoms in total. The number of halogens is 2. The summed E-state index contributed by atoms with van der Waals surface area (Å²) < 4.78 is 27.3. The Hall–Kier alpha value is -1.69. The van der Waals surface area contributed by atoms with E-state index in [9.17, 15) is 13.6 Å². The molecule has 24 heavy (non-hydrogen) atoms. The molecule has 0 spiro atoms. The largest absolute Gasteiger partial charge is 0.331 e. The number of piperidine rings is 2. The molecule has 0 aromatic heterocycles. The molecule has 0 saturated carbocycles. The SMILES string of the molecule is C[C@H](NC(=O)N1CCC[C@H]2CN(C)CC[C@H]21)c1cccc(F)c1F. The van der Waals surface area contributed by atoms with Gasteiger partial charge in [-0.15, -0.1) is 0 Å². The van der Waals surface area contributed by atoms with Crippen molar-refractivity contribution in [2.24, 2.45) is 5.92 Å². The van der Waals surface area contributed by atoms with Gasteiger partial charge in [-0.2, -0.15) is 0 Å². The normalized spacial score (nSPS) is 25.9. The predicted octanol–water partition coefficient (Wildman–Crippen LogP) is 3.15. The molecule has 3 rings (SSSR count). The van der Waals surface area contributed by atoms with E-state index in [4.69, 9.17) is 0 Å². The monoisotopic (exact) mass is 337 g/mol. The van der Waals surface area contributed by atoms with Crippen LogP contribution in [0.15, 0.2) is 18.2 Å². The van der Waals surface area contributed by atoms with Crippen LogP contribution in [0.25, 0.3) is 0 Å². The Morgan fingerprint density at radius 1 is 1.29 bits per heavy atom. The van der Waals surface area contributed by atoms with Crippen molar-refractivity contribution in [3.8, 4) is 0 Å². The van der Waals surface area contributed by atoms with Crippen molar-refractivity contribution in [2.75, 3.05) is 26.7 Å². The van der Waals surface area contributed by atoms with Crippen molar-refractivity contribution < 1.29 is 13.6 Å². The highest BCUT2D eigenvalue weighted by atomic mass is 19.2. The van der Waals surface area contributed by atoms with E-state index in [1.54, 1.807) is 6.92 Å².